The smallest absolute Gasteiger partial charge is 0.247 e. The number of benzene rings is 2. The van der Waals surface area contributed by atoms with E-state index in [1.54, 1.807) is 7.11 Å². The summed E-state index contributed by atoms with van der Waals surface area (Å²) in [6.07, 6.45) is 0.539. The largest absolute Gasteiger partial charge is 0.493 e. The van der Waals surface area contributed by atoms with E-state index in [1.165, 1.54) is 5.56 Å². The summed E-state index contributed by atoms with van der Waals surface area (Å²) in [5, 5.41) is 8.14. The molecule has 0 saturated heterocycles. The fraction of sp³-hybridized carbons (Fsp3) is 0.222. The van der Waals surface area contributed by atoms with Crippen LogP contribution in [0.15, 0.2) is 52.9 Å². The van der Waals surface area contributed by atoms with Crippen molar-refractivity contribution in [1.82, 2.24) is 10.2 Å². The van der Waals surface area contributed by atoms with Crippen molar-refractivity contribution in [3.8, 4) is 23.0 Å². The van der Waals surface area contributed by atoms with Crippen LogP contribution in [0.3, 0.4) is 0 Å². The predicted octanol–water partition coefficient (Wildman–Crippen LogP) is 3.68. The van der Waals surface area contributed by atoms with Crippen molar-refractivity contribution < 1.29 is 13.9 Å². The van der Waals surface area contributed by atoms with Crippen molar-refractivity contribution >= 4 is 0 Å². The molecule has 5 heteroatoms. The molecule has 0 saturated carbocycles. The van der Waals surface area contributed by atoms with Crippen LogP contribution in [0.5, 0.6) is 11.5 Å². The molecule has 0 spiro atoms. The van der Waals surface area contributed by atoms with Gasteiger partial charge in [0.25, 0.3) is 0 Å². The second-order valence-electron chi connectivity index (χ2n) is 5.12. The highest BCUT2D eigenvalue weighted by molar-refractivity contribution is 5.52. The van der Waals surface area contributed by atoms with Gasteiger partial charge in [0.15, 0.2) is 11.5 Å². The van der Waals surface area contributed by atoms with E-state index >= 15 is 0 Å². The lowest BCUT2D eigenvalue weighted by atomic mass is 10.1. The van der Waals surface area contributed by atoms with Crippen LogP contribution in [0.4, 0.5) is 0 Å². The Hall–Kier alpha value is -2.82. The van der Waals surface area contributed by atoms with E-state index in [4.69, 9.17) is 13.9 Å². The number of aryl methyl sites for hydroxylation is 1. The third kappa shape index (κ3) is 3.69. The molecule has 2 aromatic carbocycles. The molecule has 3 rings (SSSR count). The first-order valence-electron chi connectivity index (χ1n) is 7.41. The zero-order valence-electron chi connectivity index (χ0n) is 13.2. The van der Waals surface area contributed by atoms with Crippen LogP contribution >= 0.6 is 0 Å². The molecule has 0 aliphatic carbocycles. The molecule has 0 aliphatic heterocycles. The van der Waals surface area contributed by atoms with Crippen LogP contribution in [0, 0.1) is 6.92 Å². The Morgan fingerprint density at radius 3 is 2.43 bits per heavy atom. The van der Waals surface area contributed by atoms with Crippen molar-refractivity contribution in [3.63, 3.8) is 0 Å². The van der Waals surface area contributed by atoms with E-state index < -0.39 is 0 Å². The maximum atomic E-state index is 5.71. The van der Waals surface area contributed by atoms with Crippen molar-refractivity contribution in [2.75, 3.05) is 13.7 Å². The van der Waals surface area contributed by atoms with Crippen LogP contribution < -0.4 is 9.47 Å². The normalized spacial score (nSPS) is 10.5. The molecule has 0 aliphatic rings. The van der Waals surface area contributed by atoms with Gasteiger partial charge >= 0.3 is 0 Å². The minimum absolute atomic E-state index is 0.440. The Morgan fingerprint density at radius 2 is 1.70 bits per heavy atom. The molecule has 0 atom stereocenters. The van der Waals surface area contributed by atoms with E-state index in [-0.39, 0.29) is 0 Å². The highest BCUT2D eigenvalue weighted by Gasteiger charge is 2.09. The Morgan fingerprint density at radius 1 is 0.957 bits per heavy atom. The number of nitrogens with zero attached hydrogens (tertiary/aromatic N) is 2. The third-order valence-corrected chi connectivity index (χ3v) is 3.41. The fourth-order valence-electron chi connectivity index (χ4n) is 2.15. The van der Waals surface area contributed by atoms with Gasteiger partial charge in [-0.25, -0.2) is 0 Å². The number of aromatic nitrogens is 2. The van der Waals surface area contributed by atoms with Gasteiger partial charge in [0, 0.05) is 5.56 Å². The van der Waals surface area contributed by atoms with Gasteiger partial charge in [0.1, 0.15) is 0 Å². The maximum absolute atomic E-state index is 5.71. The molecule has 5 nitrogen and oxygen atoms in total. The molecule has 0 fully saturated rings. The van der Waals surface area contributed by atoms with Crippen molar-refractivity contribution in [1.29, 1.82) is 0 Å². The first kappa shape index (κ1) is 15.1. The molecule has 0 N–H and O–H groups in total. The zero-order valence-corrected chi connectivity index (χ0v) is 13.2. The lowest BCUT2D eigenvalue weighted by Gasteiger charge is -2.08. The summed E-state index contributed by atoms with van der Waals surface area (Å²) >= 11 is 0. The van der Waals surface area contributed by atoms with Crippen LogP contribution in [0.25, 0.3) is 11.5 Å². The van der Waals surface area contributed by atoms with Gasteiger partial charge in [-0.3, -0.25) is 0 Å². The second-order valence-corrected chi connectivity index (χ2v) is 5.12. The molecule has 23 heavy (non-hydrogen) atoms. The number of hydrogen-bond acceptors (Lipinski definition) is 5. The standard InChI is InChI=1S/C18H18N2O3/c1-13-7-9-14(10-8-13)18-20-19-17(23-18)11-12-22-16-6-4-3-5-15(16)21-2/h3-10H,11-12H2,1-2H3. The molecule has 1 heterocycles. The zero-order chi connectivity index (χ0) is 16.1. The van der Waals surface area contributed by atoms with E-state index in [2.05, 4.69) is 10.2 Å². The van der Waals surface area contributed by atoms with Gasteiger partial charge < -0.3 is 13.9 Å². The summed E-state index contributed by atoms with van der Waals surface area (Å²) < 4.78 is 16.6. The summed E-state index contributed by atoms with van der Waals surface area (Å²) in [7, 11) is 1.62. The molecule has 118 valence electrons. The van der Waals surface area contributed by atoms with Crippen LogP contribution in [-0.4, -0.2) is 23.9 Å². The number of ether oxygens (including phenoxy) is 2. The first-order chi connectivity index (χ1) is 11.3. The Bertz CT molecular complexity index is 766. The Kier molecular flexibility index (Phi) is 4.57. The molecular formula is C18H18N2O3. The fourth-order valence-corrected chi connectivity index (χ4v) is 2.15. The topological polar surface area (TPSA) is 57.4 Å². The minimum Gasteiger partial charge on any atom is -0.493 e. The highest BCUT2D eigenvalue weighted by atomic mass is 16.5. The lowest BCUT2D eigenvalue weighted by molar-refractivity contribution is 0.287. The molecular weight excluding hydrogens is 292 g/mol. The number of methoxy groups -OCH3 is 1. The van der Waals surface area contributed by atoms with Crippen LogP contribution in [-0.2, 0) is 6.42 Å². The quantitative estimate of drug-likeness (QED) is 0.695. The van der Waals surface area contributed by atoms with Gasteiger partial charge in [0.2, 0.25) is 11.8 Å². The van der Waals surface area contributed by atoms with E-state index in [0.29, 0.717) is 36.3 Å². The minimum atomic E-state index is 0.440. The second kappa shape index (κ2) is 6.96. The van der Waals surface area contributed by atoms with E-state index in [9.17, 15) is 0 Å². The summed E-state index contributed by atoms with van der Waals surface area (Å²) in [4.78, 5) is 0. The van der Waals surface area contributed by atoms with Gasteiger partial charge in [-0.05, 0) is 31.2 Å². The van der Waals surface area contributed by atoms with Gasteiger partial charge in [0.05, 0.1) is 20.1 Å². The monoisotopic (exact) mass is 310 g/mol. The van der Waals surface area contributed by atoms with Crippen molar-refractivity contribution in [2.24, 2.45) is 0 Å². The number of para-hydroxylation sites is 2. The van der Waals surface area contributed by atoms with Crippen molar-refractivity contribution in [2.45, 2.75) is 13.3 Å². The average molecular weight is 310 g/mol. The molecule has 0 amide bonds. The Balaban J connectivity index is 1.60. The molecule has 1 aromatic heterocycles. The lowest BCUT2D eigenvalue weighted by Crippen LogP contribution is -2.02. The van der Waals surface area contributed by atoms with Gasteiger partial charge in [-0.2, -0.15) is 0 Å². The number of rotatable bonds is 6. The summed E-state index contributed by atoms with van der Waals surface area (Å²) in [5.74, 6) is 2.49. The van der Waals surface area contributed by atoms with Crippen LogP contribution in [0.2, 0.25) is 0 Å². The summed E-state index contributed by atoms with van der Waals surface area (Å²) in [6, 6.07) is 15.5. The molecule has 0 radical (unpaired) electrons. The van der Waals surface area contributed by atoms with Gasteiger partial charge in [-0.15, -0.1) is 10.2 Å². The molecule has 3 aromatic rings. The average Bonchev–Trinajstić information content (AvgIpc) is 3.05. The van der Waals surface area contributed by atoms with E-state index in [1.807, 2.05) is 55.5 Å². The third-order valence-electron chi connectivity index (χ3n) is 3.41. The van der Waals surface area contributed by atoms with Crippen LogP contribution in [0.1, 0.15) is 11.5 Å². The molecule has 0 unspecified atom stereocenters. The highest BCUT2D eigenvalue weighted by Crippen LogP contribution is 2.26. The van der Waals surface area contributed by atoms with E-state index in [0.717, 1.165) is 5.56 Å². The predicted molar refractivity (Wildman–Crippen MR) is 86.7 cm³/mol. The molecule has 0 bridgehead atoms. The first-order valence-corrected chi connectivity index (χ1v) is 7.41. The summed E-state index contributed by atoms with van der Waals surface area (Å²) in [5.41, 5.74) is 2.11. The number of hydrogen-bond donors (Lipinski definition) is 0. The Labute approximate surface area is 134 Å². The maximum Gasteiger partial charge on any atom is 0.247 e. The SMILES string of the molecule is COc1ccccc1OCCc1nnc(-c2ccc(C)cc2)o1. The van der Waals surface area contributed by atoms with Crippen molar-refractivity contribution in [3.05, 3.63) is 60.0 Å². The summed E-state index contributed by atoms with van der Waals surface area (Å²) in [6.45, 7) is 2.48. The van der Waals surface area contributed by atoms with Gasteiger partial charge in [-0.1, -0.05) is 29.8 Å².